The van der Waals surface area contributed by atoms with Gasteiger partial charge in [0.05, 0.1) is 5.56 Å². The lowest BCUT2D eigenvalue weighted by Crippen LogP contribution is -2.47. The van der Waals surface area contributed by atoms with Crippen molar-refractivity contribution in [2.24, 2.45) is 4.99 Å². The fourth-order valence-electron chi connectivity index (χ4n) is 3.10. The first-order valence-electron chi connectivity index (χ1n) is 10.2. The van der Waals surface area contributed by atoms with E-state index in [4.69, 9.17) is 0 Å². The Balaban J connectivity index is 0.00000480. The topological polar surface area (TPSA) is 60.0 Å². The number of alkyl halides is 3. The molecule has 1 saturated heterocycles. The van der Waals surface area contributed by atoms with Crippen molar-refractivity contribution in [3.63, 3.8) is 0 Å². The summed E-state index contributed by atoms with van der Waals surface area (Å²) in [6.45, 7) is 6.38. The number of likely N-dealkylation sites (tertiary alicyclic amines) is 1. The Hall–Kier alpha value is -1.56. The average Bonchev–Trinajstić information content (AvgIpc) is 3.12. The first-order chi connectivity index (χ1) is 14.1. The number of guanidine groups is 1. The summed E-state index contributed by atoms with van der Waals surface area (Å²) >= 11 is 0. The molecule has 6 nitrogen and oxygen atoms in total. The molecule has 0 bridgehead atoms. The summed E-state index contributed by atoms with van der Waals surface area (Å²) in [6, 6.07) is 5.70. The van der Waals surface area contributed by atoms with Crippen molar-refractivity contribution in [1.82, 2.24) is 20.4 Å². The molecule has 1 heterocycles. The maximum Gasteiger partial charge on any atom is 0.416 e. The van der Waals surface area contributed by atoms with Crippen LogP contribution in [0, 0.1) is 0 Å². The molecule has 0 radical (unpaired) electrons. The number of nitrogens with zero attached hydrogens (tertiary/aromatic N) is 3. The van der Waals surface area contributed by atoms with Gasteiger partial charge in [-0.3, -0.25) is 9.69 Å². The quantitative estimate of drug-likeness (QED) is 0.308. The zero-order valence-corrected chi connectivity index (χ0v) is 20.8. The van der Waals surface area contributed by atoms with Crippen molar-refractivity contribution in [1.29, 1.82) is 0 Å². The number of hydrogen-bond acceptors (Lipinski definition) is 3. The van der Waals surface area contributed by atoms with E-state index in [1.807, 2.05) is 0 Å². The van der Waals surface area contributed by atoms with Crippen LogP contribution in [-0.4, -0.2) is 67.5 Å². The van der Waals surface area contributed by atoms with E-state index in [1.54, 1.807) is 14.1 Å². The van der Waals surface area contributed by atoms with Gasteiger partial charge in [-0.05, 0) is 37.5 Å². The van der Waals surface area contributed by atoms with Crippen molar-refractivity contribution < 1.29 is 18.0 Å². The third kappa shape index (κ3) is 9.22. The molecule has 31 heavy (non-hydrogen) atoms. The number of hydrogen-bond donors (Lipinski definition) is 2. The van der Waals surface area contributed by atoms with E-state index in [2.05, 4.69) is 34.4 Å². The molecule has 1 amide bonds. The van der Waals surface area contributed by atoms with Crippen LogP contribution in [0.5, 0.6) is 0 Å². The maximum absolute atomic E-state index is 12.7. The van der Waals surface area contributed by atoms with Crippen LogP contribution in [0.1, 0.15) is 37.8 Å². The van der Waals surface area contributed by atoms with Crippen molar-refractivity contribution in [2.75, 3.05) is 33.7 Å². The second-order valence-corrected chi connectivity index (χ2v) is 7.97. The Morgan fingerprint density at radius 2 is 1.94 bits per heavy atom. The monoisotopic (exact) mass is 555 g/mol. The molecule has 0 saturated carbocycles. The highest BCUT2D eigenvalue weighted by Gasteiger charge is 2.30. The molecule has 176 valence electrons. The van der Waals surface area contributed by atoms with Crippen LogP contribution in [0.4, 0.5) is 13.2 Å². The van der Waals surface area contributed by atoms with Crippen molar-refractivity contribution in [3.05, 3.63) is 35.4 Å². The number of benzene rings is 1. The van der Waals surface area contributed by atoms with E-state index in [-0.39, 0.29) is 48.5 Å². The van der Waals surface area contributed by atoms with Crippen LogP contribution < -0.4 is 10.6 Å². The predicted octanol–water partition coefficient (Wildman–Crippen LogP) is 3.32. The second-order valence-electron chi connectivity index (χ2n) is 7.97. The summed E-state index contributed by atoms with van der Waals surface area (Å²) < 4.78 is 38.1. The molecule has 1 aromatic carbocycles. The Kier molecular flexibility index (Phi) is 11.1. The van der Waals surface area contributed by atoms with Gasteiger partial charge in [0.2, 0.25) is 5.91 Å². The van der Waals surface area contributed by atoms with Crippen molar-refractivity contribution >= 4 is 35.8 Å². The van der Waals surface area contributed by atoms with Crippen LogP contribution in [-0.2, 0) is 17.5 Å². The molecular formula is C21H33F3IN5O. The van der Waals surface area contributed by atoms with E-state index in [0.29, 0.717) is 12.5 Å². The van der Waals surface area contributed by atoms with E-state index >= 15 is 0 Å². The SMILES string of the molecule is CCC(C)NC(=NCC(=O)N(C)C)NC1CCN(Cc2ccc(C(F)(F)F)cc2)C1.I. The highest BCUT2D eigenvalue weighted by Crippen LogP contribution is 2.29. The molecule has 0 aliphatic carbocycles. The highest BCUT2D eigenvalue weighted by molar-refractivity contribution is 14.0. The van der Waals surface area contributed by atoms with Gasteiger partial charge < -0.3 is 15.5 Å². The predicted molar refractivity (Wildman–Crippen MR) is 128 cm³/mol. The Bertz CT molecular complexity index is 725. The van der Waals surface area contributed by atoms with E-state index in [9.17, 15) is 18.0 Å². The van der Waals surface area contributed by atoms with Crippen LogP contribution in [0.15, 0.2) is 29.3 Å². The molecular weight excluding hydrogens is 522 g/mol. The Morgan fingerprint density at radius 1 is 1.29 bits per heavy atom. The number of likely N-dealkylation sites (N-methyl/N-ethyl adjacent to an activating group) is 1. The molecule has 0 spiro atoms. The molecule has 2 N–H and O–H groups in total. The van der Waals surface area contributed by atoms with Crippen LogP contribution in [0.2, 0.25) is 0 Å². The van der Waals surface area contributed by atoms with E-state index in [0.717, 1.165) is 43.6 Å². The number of carbonyl (C=O) groups is 1. The molecule has 1 aromatic rings. The molecule has 2 rings (SSSR count). The first-order valence-corrected chi connectivity index (χ1v) is 10.2. The molecule has 10 heteroatoms. The van der Waals surface area contributed by atoms with Crippen molar-refractivity contribution in [3.8, 4) is 0 Å². The first kappa shape index (κ1) is 27.5. The number of aliphatic imine (C=N–C) groups is 1. The van der Waals surface area contributed by atoms with Gasteiger partial charge in [0.25, 0.3) is 0 Å². The summed E-state index contributed by atoms with van der Waals surface area (Å²) in [7, 11) is 3.40. The molecule has 2 atom stereocenters. The van der Waals surface area contributed by atoms with Gasteiger partial charge in [-0.15, -0.1) is 24.0 Å². The number of carbonyl (C=O) groups excluding carboxylic acids is 1. The summed E-state index contributed by atoms with van der Waals surface area (Å²) in [4.78, 5) is 20.0. The zero-order valence-electron chi connectivity index (χ0n) is 18.5. The average molecular weight is 555 g/mol. The van der Waals surface area contributed by atoms with Gasteiger partial charge in [0.15, 0.2) is 5.96 Å². The fourth-order valence-corrected chi connectivity index (χ4v) is 3.10. The summed E-state index contributed by atoms with van der Waals surface area (Å²) in [5.41, 5.74) is 0.225. The highest BCUT2D eigenvalue weighted by atomic mass is 127. The molecule has 2 unspecified atom stereocenters. The van der Waals surface area contributed by atoms with Crippen molar-refractivity contribution in [2.45, 2.75) is 51.5 Å². The van der Waals surface area contributed by atoms with Crippen LogP contribution in [0.3, 0.4) is 0 Å². The Morgan fingerprint density at radius 3 is 2.48 bits per heavy atom. The summed E-state index contributed by atoms with van der Waals surface area (Å²) in [5, 5.41) is 6.71. The fraction of sp³-hybridized carbons (Fsp3) is 0.619. The molecule has 0 aromatic heterocycles. The lowest BCUT2D eigenvalue weighted by atomic mass is 10.1. The van der Waals surface area contributed by atoms with Gasteiger partial charge in [-0.25, -0.2) is 4.99 Å². The standard InChI is InChI=1S/C21H32F3N5O.HI/c1-5-15(2)26-20(25-12-19(30)28(3)4)27-18-10-11-29(14-18)13-16-6-8-17(9-7-16)21(22,23)24;/h6-9,15,18H,5,10-14H2,1-4H3,(H2,25,26,27);1H. The minimum Gasteiger partial charge on any atom is -0.354 e. The molecule has 1 aliphatic rings. The van der Waals surface area contributed by atoms with Gasteiger partial charge in [0.1, 0.15) is 6.54 Å². The van der Waals surface area contributed by atoms with Crippen LogP contribution in [0.25, 0.3) is 0 Å². The van der Waals surface area contributed by atoms with Gasteiger partial charge in [-0.1, -0.05) is 19.1 Å². The number of halogens is 4. The van der Waals surface area contributed by atoms with Gasteiger partial charge >= 0.3 is 6.18 Å². The smallest absolute Gasteiger partial charge is 0.354 e. The largest absolute Gasteiger partial charge is 0.416 e. The second kappa shape index (κ2) is 12.5. The number of rotatable bonds is 7. The third-order valence-corrected chi connectivity index (χ3v) is 5.17. The van der Waals surface area contributed by atoms with E-state index < -0.39 is 11.7 Å². The van der Waals surface area contributed by atoms with Crippen LogP contribution >= 0.6 is 24.0 Å². The minimum atomic E-state index is -4.31. The molecule has 1 fully saturated rings. The lowest BCUT2D eigenvalue weighted by Gasteiger charge is -2.22. The van der Waals surface area contributed by atoms with Gasteiger partial charge in [0, 0.05) is 45.8 Å². The zero-order chi connectivity index (χ0) is 22.3. The number of amides is 1. The summed E-state index contributed by atoms with van der Waals surface area (Å²) in [5.74, 6) is 0.538. The minimum absolute atomic E-state index is 0. The normalized spacial score (nSPS) is 18.3. The maximum atomic E-state index is 12.7. The molecule has 1 aliphatic heterocycles. The lowest BCUT2D eigenvalue weighted by molar-refractivity contribution is -0.137. The van der Waals surface area contributed by atoms with E-state index in [1.165, 1.54) is 17.0 Å². The Labute approximate surface area is 199 Å². The van der Waals surface area contributed by atoms with Gasteiger partial charge in [-0.2, -0.15) is 13.2 Å². The third-order valence-electron chi connectivity index (χ3n) is 5.17. The summed E-state index contributed by atoms with van der Waals surface area (Å²) in [6.07, 6.45) is -2.50. The number of nitrogens with one attached hydrogen (secondary N) is 2.